The maximum atomic E-state index is 13.6. The van der Waals surface area contributed by atoms with Gasteiger partial charge in [0, 0.05) is 4.90 Å². The minimum absolute atomic E-state index is 0.0768. The number of hydrazine groups is 1. The van der Waals surface area contributed by atoms with E-state index in [9.17, 15) is 18.8 Å². The van der Waals surface area contributed by atoms with Crippen LogP contribution in [-0.4, -0.2) is 23.5 Å². The zero-order valence-corrected chi connectivity index (χ0v) is 19.0. The van der Waals surface area contributed by atoms with Crippen LogP contribution in [0.5, 0.6) is 0 Å². The van der Waals surface area contributed by atoms with Crippen molar-refractivity contribution in [3.63, 3.8) is 0 Å². The van der Waals surface area contributed by atoms with Crippen LogP contribution >= 0.6 is 23.4 Å². The third-order valence-electron chi connectivity index (χ3n) is 4.55. The first-order valence-corrected chi connectivity index (χ1v) is 11.4. The van der Waals surface area contributed by atoms with E-state index < -0.39 is 29.6 Å². The molecule has 9 heteroatoms. The molecule has 0 heterocycles. The molecule has 1 unspecified atom stereocenters. The van der Waals surface area contributed by atoms with Crippen LogP contribution in [-0.2, 0) is 9.59 Å². The van der Waals surface area contributed by atoms with Gasteiger partial charge in [-0.15, -0.1) is 11.8 Å². The number of thioether (sulfide) groups is 1. The summed E-state index contributed by atoms with van der Waals surface area (Å²) in [4.78, 5) is 37.6. The van der Waals surface area contributed by atoms with Gasteiger partial charge in [-0.3, -0.25) is 25.2 Å². The third-order valence-corrected chi connectivity index (χ3v) is 5.93. The lowest BCUT2D eigenvalue weighted by molar-refractivity contribution is -0.128. The van der Waals surface area contributed by atoms with Crippen LogP contribution in [0.25, 0.3) is 0 Å². The summed E-state index contributed by atoms with van der Waals surface area (Å²) in [5, 5.41) is 3.12. The zero-order valence-electron chi connectivity index (χ0n) is 17.4. The van der Waals surface area contributed by atoms with Crippen molar-refractivity contribution in [2.24, 2.45) is 0 Å². The van der Waals surface area contributed by atoms with Crippen molar-refractivity contribution in [3.05, 3.63) is 101 Å². The summed E-state index contributed by atoms with van der Waals surface area (Å²) in [5.41, 5.74) is 5.65. The second kappa shape index (κ2) is 12.0. The highest BCUT2D eigenvalue weighted by Gasteiger charge is 2.20. The van der Waals surface area contributed by atoms with Crippen LogP contribution in [0.1, 0.15) is 28.4 Å². The summed E-state index contributed by atoms with van der Waals surface area (Å²) in [6.07, 6.45) is -0.124. The highest BCUT2D eigenvalue weighted by Crippen LogP contribution is 2.21. The highest BCUT2D eigenvalue weighted by molar-refractivity contribution is 8.00. The molecular weight excluding hydrogens is 465 g/mol. The van der Waals surface area contributed by atoms with Gasteiger partial charge in [-0.1, -0.05) is 66.2 Å². The lowest BCUT2D eigenvalue weighted by atomic mass is 10.0. The van der Waals surface area contributed by atoms with Gasteiger partial charge >= 0.3 is 0 Å². The lowest BCUT2D eigenvalue weighted by Crippen LogP contribution is -2.44. The van der Waals surface area contributed by atoms with Gasteiger partial charge < -0.3 is 5.32 Å². The van der Waals surface area contributed by atoms with Crippen molar-refractivity contribution in [1.29, 1.82) is 0 Å². The summed E-state index contributed by atoms with van der Waals surface area (Å²) in [6, 6.07) is 21.1. The van der Waals surface area contributed by atoms with E-state index in [1.165, 1.54) is 6.07 Å². The number of carbonyl (C=O) groups is 3. The van der Waals surface area contributed by atoms with Gasteiger partial charge in [0.1, 0.15) is 5.82 Å². The number of rotatable bonds is 8. The second-order valence-corrected chi connectivity index (χ2v) is 8.36. The molecule has 3 aromatic rings. The number of carbonyl (C=O) groups excluding carboxylic acids is 3. The Morgan fingerprint density at radius 1 is 0.848 bits per heavy atom. The molecule has 0 spiro atoms. The van der Waals surface area contributed by atoms with E-state index in [0.717, 1.165) is 17.3 Å². The predicted molar refractivity (Wildman–Crippen MR) is 126 cm³/mol. The molecule has 3 amide bonds. The predicted octanol–water partition coefficient (Wildman–Crippen LogP) is 4.28. The molecule has 0 fully saturated rings. The first-order valence-electron chi connectivity index (χ1n) is 9.99. The van der Waals surface area contributed by atoms with Crippen molar-refractivity contribution in [2.45, 2.75) is 17.4 Å². The minimum Gasteiger partial charge on any atom is -0.345 e. The number of amides is 3. The van der Waals surface area contributed by atoms with Crippen molar-refractivity contribution >= 4 is 41.1 Å². The Bertz CT molecular complexity index is 1130. The molecule has 0 aliphatic heterocycles. The Morgan fingerprint density at radius 2 is 1.48 bits per heavy atom. The minimum atomic E-state index is -0.653. The number of benzene rings is 3. The molecule has 3 aromatic carbocycles. The number of hydrogen-bond acceptors (Lipinski definition) is 4. The molecule has 1 atom stereocenters. The average molecular weight is 486 g/mol. The van der Waals surface area contributed by atoms with Gasteiger partial charge in [0.2, 0.25) is 11.8 Å². The fraction of sp³-hybridized carbons (Fsp3) is 0.125. The molecule has 0 saturated heterocycles. The standard InChI is InChI=1S/C24H21ClFN3O3S/c25-18-11-5-4-10-17(18)24(32)27-20(16-8-2-1-3-9-16)14-22(30)28-29-23(31)15-33-21-13-7-6-12-19(21)26/h1-13,20H,14-15H2,(H,27,32)(H,28,30)(H,29,31). The van der Waals surface area contributed by atoms with Crippen molar-refractivity contribution < 1.29 is 18.8 Å². The first-order chi connectivity index (χ1) is 15.9. The van der Waals surface area contributed by atoms with Gasteiger partial charge in [0.25, 0.3) is 5.91 Å². The Kier molecular flexibility index (Phi) is 8.86. The molecule has 0 bridgehead atoms. The number of nitrogens with one attached hydrogen (secondary N) is 3. The number of hydrogen-bond donors (Lipinski definition) is 3. The zero-order chi connectivity index (χ0) is 23.6. The van der Waals surface area contributed by atoms with E-state index in [-0.39, 0.29) is 12.2 Å². The van der Waals surface area contributed by atoms with Gasteiger partial charge in [-0.25, -0.2) is 4.39 Å². The second-order valence-electron chi connectivity index (χ2n) is 6.94. The summed E-state index contributed by atoms with van der Waals surface area (Å²) in [6.45, 7) is 0. The molecule has 0 saturated carbocycles. The molecule has 0 radical (unpaired) electrons. The fourth-order valence-electron chi connectivity index (χ4n) is 2.94. The maximum absolute atomic E-state index is 13.6. The van der Waals surface area contributed by atoms with E-state index in [1.807, 2.05) is 6.07 Å². The lowest BCUT2D eigenvalue weighted by Gasteiger charge is -2.19. The molecule has 6 nitrogen and oxygen atoms in total. The Balaban J connectivity index is 1.57. The van der Waals surface area contributed by atoms with Crippen LogP contribution < -0.4 is 16.2 Å². The van der Waals surface area contributed by atoms with E-state index in [1.54, 1.807) is 66.7 Å². The molecular formula is C24H21ClFN3O3S. The SMILES string of the molecule is O=C(CSc1ccccc1F)NNC(=O)CC(NC(=O)c1ccccc1Cl)c1ccccc1. The summed E-state index contributed by atoms with van der Waals surface area (Å²) >= 11 is 7.13. The Hall–Kier alpha value is -3.36. The van der Waals surface area contributed by atoms with Crippen LogP contribution in [0.15, 0.2) is 83.8 Å². The topological polar surface area (TPSA) is 87.3 Å². The Morgan fingerprint density at radius 3 is 2.21 bits per heavy atom. The summed E-state index contributed by atoms with van der Waals surface area (Å²) < 4.78 is 13.6. The smallest absolute Gasteiger partial charge is 0.253 e. The summed E-state index contributed by atoms with van der Waals surface area (Å²) in [7, 11) is 0. The largest absolute Gasteiger partial charge is 0.345 e. The molecule has 0 aliphatic rings. The molecule has 3 rings (SSSR count). The third kappa shape index (κ3) is 7.34. The number of halogens is 2. The molecule has 3 N–H and O–H groups in total. The maximum Gasteiger partial charge on any atom is 0.253 e. The van der Waals surface area contributed by atoms with Crippen molar-refractivity contribution in [1.82, 2.24) is 16.2 Å². The molecule has 0 aliphatic carbocycles. The summed E-state index contributed by atoms with van der Waals surface area (Å²) in [5.74, 6) is -1.92. The van der Waals surface area contributed by atoms with E-state index in [0.29, 0.717) is 15.5 Å². The van der Waals surface area contributed by atoms with E-state index >= 15 is 0 Å². The fourth-order valence-corrected chi connectivity index (χ4v) is 3.90. The van der Waals surface area contributed by atoms with Crippen LogP contribution in [0, 0.1) is 5.82 Å². The first kappa shape index (κ1) is 24.3. The quantitative estimate of drug-likeness (QED) is 0.328. The molecule has 170 valence electrons. The van der Waals surface area contributed by atoms with E-state index in [2.05, 4.69) is 16.2 Å². The van der Waals surface area contributed by atoms with Gasteiger partial charge in [0.05, 0.1) is 28.8 Å². The molecule has 0 aromatic heterocycles. The molecule has 33 heavy (non-hydrogen) atoms. The van der Waals surface area contributed by atoms with Crippen molar-refractivity contribution in [3.8, 4) is 0 Å². The van der Waals surface area contributed by atoms with Gasteiger partial charge in [-0.2, -0.15) is 0 Å². The Labute approximate surface area is 199 Å². The van der Waals surface area contributed by atoms with Crippen LogP contribution in [0.2, 0.25) is 5.02 Å². The normalized spacial score (nSPS) is 11.3. The average Bonchev–Trinajstić information content (AvgIpc) is 2.82. The van der Waals surface area contributed by atoms with Crippen molar-refractivity contribution in [2.75, 3.05) is 5.75 Å². The van der Waals surface area contributed by atoms with E-state index in [4.69, 9.17) is 11.6 Å². The van der Waals surface area contributed by atoms with Gasteiger partial charge in [0.15, 0.2) is 0 Å². The monoisotopic (exact) mass is 485 g/mol. The van der Waals surface area contributed by atoms with Crippen LogP contribution in [0.3, 0.4) is 0 Å². The van der Waals surface area contributed by atoms with Crippen LogP contribution in [0.4, 0.5) is 4.39 Å². The highest BCUT2D eigenvalue weighted by atomic mass is 35.5. The van der Waals surface area contributed by atoms with Gasteiger partial charge in [-0.05, 0) is 29.8 Å².